The van der Waals surface area contributed by atoms with Crippen LogP contribution in [-0.2, 0) is 16.6 Å². The van der Waals surface area contributed by atoms with Gasteiger partial charge in [0.25, 0.3) is 10.0 Å². The van der Waals surface area contributed by atoms with Gasteiger partial charge in [-0.1, -0.05) is 18.2 Å². The standard InChI is InChI=1S/C12H16N4O2S/c1-9-12(11(8-13-2)15-14-9)19(17,18)16-10-6-4-3-5-7-10/h3-7,13,16H,8H2,1-2H3,(H,14,15). The van der Waals surface area contributed by atoms with Crippen molar-refractivity contribution in [3.8, 4) is 0 Å². The van der Waals surface area contributed by atoms with Crippen LogP contribution in [0.25, 0.3) is 0 Å². The molecule has 19 heavy (non-hydrogen) atoms. The van der Waals surface area contributed by atoms with Crippen LogP contribution in [0.2, 0.25) is 0 Å². The normalized spacial score (nSPS) is 11.5. The van der Waals surface area contributed by atoms with Crippen LogP contribution in [0.4, 0.5) is 5.69 Å². The minimum Gasteiger partial charge on any atom is -0.314 e. The van der Waals surface area contributed by atoms with Gasteiger partial charge in [-0.2, -0.15) is 5.10 Å². The number of para-hydroxylation sites is 1. The highest BCUT2D eigenvalue weighted by Gasteiger charge is 2.23. The first-order valence-corrected chi connectivity index (χ1v) is 7.29. The number of aromatic amines is 1. The second-order valence-electron chi connectivity index (χ2n) is 4.13. The zero-order valence-corrected chi connectivity index (χ0v) is 11.6. The molecule has 0 spiro atoms. The zero-order valence-electron chi connectivity index (χ0n) is 10.8. The van der Waals surface area contributed by atoms with Crippen LogP contribution in [-0.4, -0.2) is 25.7 Å². The van der Waals surface area contributed by atoms with E-state index in [2.05, 4.69) is 20.2 Å². The average Bonchev–Trinajstić information content (AvgIpc) is 2.72. The molecule has 0 radical (unpaired) electrons. The number of aromatic nitrogens is 2. The summed E-state index contributed by atoms with van der Waals surface area (Å²) in [6, 6.07) is 8.77. The average molecular weight is 280 g/mol. The van der Waals surface area contributed by atoms with Gasteiger partial charge >= 0.3 is 0 Å². The Bertz CT molecular complexity index is 650. The molecule has 0 aliphatic rings. The number of H-pyrrole nitrogens is 1. The van der Waals surface area contributed by atoms with Crippen molar-refractivity contribution < 1.29 is 8.42 Å². The predicted molar refractivity (Wildman–Crippen MR) is 73.3 cm³/mol. The Hall–Kier alpha value is -1.86. The van der Waals surface area contributed by atoms with Gasteiger partial charge in [0.05, 0.1) is 11.4 Å². The van der Waals surface area contributed by atoms with E-state index in [4.69, 9.17) is 0 Å². The van der Waals surface area contributed by atoms with Crippen LogP contribution in [0.15, 0.2) is 35.2 Å². The highest BCUT2D eigenvalue weighted by atomic mass is 32.2. The summed E-state index contributed by atoms with van der Waals surface area (Å²) in [4.78, 5) is 0.200. The summed E-state index contributed by atoms with van der Waals surface area (Å²) in [6.07, 6.45) is 0. The summed E-state index contributed by atoms with van der Waals surface area (Å²) in [6.45, 7) is 2.07. The topological polar surface area (TPSA) is 86.9 Å². The fourth-order valence-corrected chi connectivity index (χ4v) is 3.25. The molecular weight excluding hydrogens is 264 g/mol. The van der Waals surface area contributed by atoms with Gasteiger partial charge in [0.15, 0.2) is 0 Å². The van der Waals surface area contributed by atoms with Crippen LogP contribution >= 0.6 is 0 Å². The molecule has 0 amide bonds. The number of sulfonamides is 1. The Labute approximate surface area is 112 Å². The predicted octanol–water partition coefficient (Wildman–Crippen LogP) is 1.24. The monoisotopic (exact) mass is 280 g/mol. The molecule has 0 atom stereocenters. The summed E-state index contributed by atoms with van der Waals surface area (Å²) >= 11 is 0. The third-order valence-electron chi connectivity index (χ3n) is 2.60. The molecule has 2 rings (SSSR count). The number of rotatable bonds is 5. The van der Waals surface area contributed by atoms with E-state index in [1.165, 1.54) is 0 Å². The van der Waals surface area contributed by atoms with Crippen LogP contribution in [0.1, 0.15) is 11.4 Å². The van der Waals surface area contributed by atoms with Gasteiger partial charge in [-0.25, -0.2) is 8.42 Å². The van der Waals surface area contributed by atoms with E-state index in [9.17, 15) is 8.42 Å². The van der Waals surface area contributed by atoms with E-state index < -0.39 is 10.0 Å². The van der Waals surface area contributed by atoms with Gasteiger partial charge in [-0.15, -0.1) is 0 Å². The molecule has 0 unspecified atom stereocenters. The van der Waals surface area contributed by atoms with Gasteiger partial charge in [0.1, 0.15) is 4.90 Å². The van der Waals surface area contributed by atoms with Crippen molar-refractivity contribution in [2.45, 2.75) is 18.4 Å². The number of nitrogens with zero attached hydrogens (tertiary/aromatic N) is 1. The molecular formula is C12H16N4O2S. The Morgan fingerprint density at radius 2 is 1.95 bits per heavy atom. The van der Waals surface area contributed by atoms with E-state index in [1.807, 2.05) is 6.07 Å². The molecule has 0 aliphatic heterocycles. The lowest BCUT2D eigenvalue weighted by molar-refractivity contribution is 0.598. The third-order valence-corrected chi connectivity index (χ3v) is 4.18. The lowest BCUT2D eigenvalue weighted by Crippen LogP contribution is -2.17. The molecule has 3 N–H and O–H groups in total. The summed E-state index contributed by atoms with van der Waals surface area (Å²) in [7, 11) is -1.90. The summed E-state index contributed by atoms with van der Waals surface area (Å²) in [5.74, 6) is 0. The van der Waals surface area contributed by atoms with Gasteiger partial charge < -0.3 is 5.32 Å². The first-order valence-electron chi connectivity index (χ1n) is 5.81. The number of anilines is 1. The molecule has 102 valence electrons. The first-order chi connectivity index (χ1) is 9.04. The molecule has 0 saturated carbocycles. The van der Waals surface area contributed by atoms with E-state index in [1.54, 1.807) is 38.2 Å². The van der Waals surface area contributed by atoms with Gasteiger partial charge in [0.2, 0.25) is 0 Å². The molecule has 6 nitrogen and oxygen atoms in total. The Morgan fingerprint density at radius 3 is 2.58 bits per heavy atom. The minimum absolute atomic E-state index is 0.200. The summed E-state index contributed by atoms with van der Waals surface area (Å²) < 4.78 is 27.3. The molecule has 0 fully saturated rings. The number of nitrogens with one attached hydrogen (secondary N) is 3. The molecule has 1 heterocycles. The summed E-state index contributed by atoms with van der Waals surface area (Å²) in [5.41, 5.74) is 1.52. The lowest BCUT2D eigenvalue weighted by atomic mass is 10.3. The van der Waals surface area contributed by atoms with Crippen LogP contribution in [0.3, 0.4) is 0 Å². The van der Waals surface area contributed by atoms with Crippen LogP contribution < -0.4 is 10.0 Å². The zero-order chi connectivity index (χ0) is 13.9. The minimum atomic E-state index is -3.64. The molecule has 0 aliphatic carbocycles. The number of hydrogen-bond acceptors (Lipinski definition) is 4. The SMILES string of the molecule is CNCc1n[nH]c(C)c1S(=O)(=O)Nc1ccccc1. The van der Waals surface area contributed by atoms with Crippen LogP contribution in [0.5, 0.6) is 0 Å². The van der Waals surface area contributed by atoms with Crippen molar-refractivity contribution in [2.24, 2.45) is 0 Å². The largest absolute Gasteiger partial charge is 0.314 e. The third kappa shape index (κ3) is 2.94. The highest BCUT2D eigenvalue weighted by Crippen LogP contribution is 2.21. The van der Waals surface area contributed by atoms with Crippen molar-refractivity contribution >= 4 is 15.7 Å². The second-order valence-corrected chi connectivity index (χ2v) is 5.75. The Balaban J connectivity index is 2.37. The molecule has 0 bridgehead atoms. The van der Waals surface area contributed by atoms with Crippen molar-refractivity contribution in [3.05, 3.63) is 41.7 Å². The highest BCUT2D eigenvalue weighted by molar-refractivity contribution is 7.92. The van der Waals surface area contributed by atoms with Gasteiger partial charge in [0, 0.05) is 12.2 Å². The van der Waals surface area contributed by atoms with Crippen molar-refractivity contribution in [2.75, 3.05) is 11.8 Å². The van der Waals surface area contributed by atoms with E-state index >= 15 is 0 Å². The van der Waals surface area contributed by atoms with Gasteiger partial charge in [-0.05, 0) is 26.1 Å². The van der Waals surface area contributed by atoms with Gasteiger partial charge in [-0.3, -0.25) is 9.82 Å². The quantitative estimate of drug-likeness (QED) is 0.769. The van der Waals surface area contributed by atoms with E-state index in [-0.39, 0.29) is 4.90 Å². The first kappa shape index (κ1) is 13.6. The van der Waals surface area contributed by atoms with Crippen molar-refractivity contribution in [3.63, 3.8) is 0 Å². The maximum Gasteiger partial charge on any atom is 0.265 e. The fourth-order valence-electron chi connectivity index (χ4n) is 1.83. The Morgan fingerprint density at radius 1 is 1.26 bits per heavy atom. The number of aryl methyl sites for hydroxylation is 1. The molecule has 0 saturated heterocycles. The second kappa shape index (κ2) is 5.41. The number of benzene rings is 1. The van der Waals surface area contributed by atoms with E-state index in [0.717, 1.165) is 0 Å². The summed E-state index contributed by atoms with van der Waals surface area (Å²) in [5, 5.41) is 9.61. The van der Waals surface area contributed by atoms with Crippen molar-refractivity contribution in [1.82, 2.24) is 15.5 Å². The lowest BCUT2D eigenvalue weighted by Gasteiger charge is -2.08. The van der Waals surface area contributed by atoms with Crippen molar-refractivity contribution in [1.29, 1.82) is 0 Å². The van der Waals surface area contributed by atoms with E-state index in [0.29, 0.717) is 23.6 Å². The molecule has 2 aromatic rings. The molecule has 1 aromatic carbocycles. The van der Waals surface area contributed by atoms with Crippen LogP contribution in [0, 0.1) is 6.92 Å². The maximum atomic E-state index is 12.4. The molecule has 1 aromatic heterocycles. The smallest absolute Gasteiger partial charge is 0.265 e. The Kier molecular flexibility index (Phi) is 3.87. The fraction of sp³-hybridized carbons (Fsp3) is 0.250. The number of hydrogen-bond donors (Lipinski definition) is 3. The maximum absolute atomic E-state index is 12.4. The molecule has 7 heteroatoms.